The number of carbonyl (C=O) groups is 1. The molecule has 1 aromatic heterocycles. The Kier molecular flexibility index (Phi) is 5.27. The van der Waals surface area contributed by atoms with Gasteiger partial charge in [-0.2, -0.15) is 0 Å². The van der Waals surface area contributed by atoms with Crippen LogP contribution < -0.4 is 4.74 Å². The second-order valence-electron chi connectivity index (χ2n) is 5.22. The van der Waals surface area contributed by atoms with E-state index in [2.05, 4.69) is 0 Å². The molecule has 0 aliphatic carbocycles. The Balaban J connectivity index is 1.78. The van der Waals surface area contributed by atoms with Gasteiger partial charge in [0, 0.05) is 5.56 Å². The zero-order chi connectivity index (χ0) is 17.8. The van der Waals surface area contributed by atoms with Gasteiger partial charge >= 0.3 is 0 Å². The zero-order valence-electron chi connectivity index (χ0n) is 13.3. The Hall–Kier alpha value is -2.49. The third kappa shape index (κ3) is 3.95. The molecule has 3 rings (SSSR count). The molecule has 5 heteroatoms. The molecule has 25 heavy (non-hydrogen) atoms. The van der Waals surface area contributed by atoms with Crippen molar-refractivity contribution >= 4 is 35.1 Å². The van der Waals surface area contributed by atoms with Crippen LogP contribution in [0.15, 0.2) is 65.1 Å². The van der Waals surface area contributed by atoms with Crippen molar-refractivity contribution in [3.05, 3.63) is 82.0 Å². The van der Waals surface area contributed by atoms with Gasteiger partial charge in [-0.25, -0.2) is 0 Å². The predicted octanol–water partition coefficient (Wildman–Crippen LogP) is 6.16. The largest absolute Gasteiger partial charge is 0.497 e. The minimum atomic E-state index is -0.128. The lowest BCUT2D eigenvalue weighted by molar-refractivity contribution is 0.104. The number of rotatable bonds is 5. The maximum Gasteiger partial charge on any atom is 0.185 e. The first-order valence-electron chi connectivity index (χ1n) is 7.49. The molecular weight excluding hydrogens is 359 g/mol. The summed E-state index contributed by atoms with van der Waals surface area (Å²) < 4.78 is 10.8. The Bertz CT molecular complexity index is 904. The number of benzene rings is 2. The molecule has 0 radical (unpaired) electrons. The predicted molar refractivity (Wildman–Crippen MR) is 101 cm³/mol. The van der Waals surface area contributed by atoms with Gasteiger partial charge in [-0.05, 0) is 60.7 Å². The van der Waals surface area contributed by atoms with Crippen molar-refractivity contribution in [2.24, 2.45) is 0 Å². The van der Waals surface area contributed by atoms with E-state index in [9.17, 15) is 4.79 Å². The lowest BCUT2D eigenvalue weighted by Gasteiger charge is -2.02. The molecule has 0 bridgehead atoms. The molecule has 0 N–H and O–H groups in total. The van der Waals surface area contributed by atoms with Crippen LogP contribution in [0.5, 0.6) is 5.75 Å². The number of ether oxygens (including phenoxy) is 1. The van der Waals surface area contributed by atoms with Gasteiger partial charge < -0.3 is 9.15 Å². The van der Waals surface area contributed by atoms with E-state index >= 15 is 0 Å². The van der Waals surface area contributed by atoms with Gasteiger partial charge in [0.05, 0.1) is 22.7 Å². The number of allylic oxidation sites excluding steroid dienone is 1. The number of furan rings is 1. The van der Waals surface area contributed by atoms with Crippen molar-refractivity contribution in [1.29, 1.82) is 0 Å². The average Bonchev–Trinajstić information content (AvgIpc) is 3.08. The standard InChI is InChI=1S/C20H14Cl2O3/c1-24-14-7-5-13(6-8-14)18(23)11-9-15-10-12-19(25-15)20-16(21)3-2-4-17(20)22/h2-12H,1H3/b11-9+. The number of carbonyl (C=O) groups excluding carboxylic acids is 1. The minimum absolute atomic E-state index is 0.128. The van der Waals surface area contributed by atoms with Crippen molar-refractivity contribution < 1.29 is 13.9 Å². The third-order valence-electron chi connectivity index (χ3n) is 3.61. The van der Waals surface area contributed by atoms with E-state index in [4.69, 9.17) is 32.4 Å². The van der Waals surface area contributed by atoms with Crippen molar-refractivity contribution in [2.75, 3.05) is 7.11 Å². The topological polar surface area (TPSA) is 39.4 Å². The first kappa shape index (κ1) is 17.3. The average molecular weight is 373 g/mol. The summed E-state index contributed by atoms with van der Waals surface area (Å²) in [7, 11) is 1.58. The fraction of sp³-hybridized carbons (Fsp3) is 0.0500. The van der Waals surface area contributed by atoms with Crippen LogP contribution >= 0.6 is 23.2 Å². The van der Waals surface area contributed by atoms with Gasteiger partial charge in [-0.1, -0.05) is 29.3 Å². The van der Waals surface area contributed by atoms with Crippen LogP contribution in [0.3, 0.4) is 0 Å². The number of hydrogen-bond donors (Lipinski definition) is 0. The van der Waals surface area contributed by atoms with E-state index in [1.165, 1.54) is 6.08 Å². The fourth-order valence-electron chi connectivity index (χ4n) is 2.32. The van der Waals surface area contributed by atoms with Crippen LogP contribution in [0.4, 0.5) is 0 Å². The number of halogens is 2. The third-order valence-corrected chi connectivity index (χ3v) is 4.24. The van der Waals surface area contributed by atoms with Crippen LogP contribution in [0, 0.1) is 0 Å². The SMILES string of the molecule is COc1ccc(C(=O)/C=C/c2ccc(-c3c(Cl)cccc3Cl)o2)cc1. The molecule has 0 fully saturated rings. The summed E-state index contributed by atoms with van der Waals surface area (Å²) in [5.41, 5.74) is 1.20. The van der Waals surface area contributed by atoms with E-state index in [-0.39, 0.29) is 5.78 Å². The van der Waals surface area contributed by atoms with Crippen molar-refractivity contribution in [3.63, 3.8) is 0 Å². The van der Waals surface area contributed by atoms with Gasteiger partial charge in [0.2, 0.25) is 0 Å². The Labute approximate surface area is 155 Å². The molecule has 3 aromatic rings. The Morgan fingerprint density at radius 3 is 2.32 bits per heavy atom. The highest BCUT2D eigenvalue weighted by Crippen LogP contribution is 2.35. The Morgan fingerprint density at radius 2 is 1.68 bits per heavy atom. The molecule has 0 unspecified atom stereocenters. The number of hydrogen-bond acceptors (Lipinski definition) is 3. The molecule has 3 nitrogen and oxygen atoms in total. The second-order valence-corrected chi connectivity index (χ2v) is 6.04. The van der Waals surface area contributed by atoms with Gasteiger partial charge in [0.1, 0.15) is 17.3 Å². The highest BCUT2D eigenvalue weighted by Gasteiger charge is 2.12. The fourth-order valence-corrected chi connectivity index (χ4v) is 2.90. The van der Waals surface area contributed by atoms with Crippen LogP contribution in [0.2, 0.25) is 10.0 Å². The summed E-state index contributed by atoms with van der Waals surface area (Å²) in [4.78, 5) is 12.2. The Morgan fingerprint density at radius 1 is 1.00 bits per heavy atom. The number of ketones is 1. The lowest BCUT2D eigenvalue weighted by atomic mass is 10.1. The summed E-state index contributed by atoms with van der Waals surface area (Å²) in [6.45, 7) is 0. The molecular formula is C20H14Cl2O3. The maximum absolute atomic E-state index is 12.2. The molecule has 0 amide bonds. The first-order valence-corrected chi connectivity index (χ1v) is 8.25. The molecule has 0 spiro atoms. The monoisotopic (exact) mass is 372 g/mol. The molecule has 0 aliphatic heterocycles. The molecule has 0 aliphatic rings. The summed E-state index contributed by atoms with van der Waals surface area (Å²) in [5.74, 6) is 1.66. The van der Waals surface area contributed by atoms with E-state index in [0.29, 0.717) is 38.4 Å². The zero-order valence-corrected chi connectivity index (χ0v) is 14.8. The van der Waals surface area contributed by atoms with Gasteiger partial charge in [-0.3, -0.25) is 4.79 Å². The van der Waals surface area contributed by atoms with Crippen LogP contribution in [0.25, 0.3) is 17.4 Å². The van der Waals surface area contributed by atoms with E-state index in [1.807, 2.05) is 0 Å². The molecule has 0 atom stereocenters. The smallest absolute Gasteiger partial charge is 0.185 e. The summed E-state index contributed by atoms with van der Waals surface area (Å²) in [5, 5.41) is 1.01. The van der Waals surface area contributed by atoms with Gasteiger partial charge in [-0.15, -0.1) is 0 Å². The highest BCUT2D eigenvalue weighted by atomic mass is 35.5. The second kappa shape index (κ2) is 7.60. The normalized spacial score (nSPS) is 11.0. The first-order chi connectivity index (χ1) is 12.1. The van der Waals surface area contributed by atoms with Crippen molar-refractivity contribution in [1.82, 2.24) is 0 Å². The van der Waals surface area contributed by atoms with Gasteiger partial charge in [0.25, 0.3) is 0 Å². The maximum atomic E-state index is 12.2. The molecule has 0 saturated carbocycles. The highest BCUT2D eigenvalue weighted by molar-refractivity contribution is 6.39. The van der Waals surface area contributed by atoms with Crippen molar-refractivity contribution in [3.8, 4) is 17.1 Å². The molecule has 1 heterocycles. The van der Waals surface area contributed by atoms with Crippen LogP contribution in [0.1, 0.15) is 16.1 Å². The molecule has 0 saturated heterocycles. The summed E-state index contributed by atoms with van der Waals surface area (Å²) in [6.07, 6.45) is 3.07. The van der Waals surface area contributed by atoms with E-state index in [1.54, 1.807) is 67.8 Å². The van der Waals surface area contributed by atoms with Crippen molar-refractivity contribution in [2.45, 2.75) is 0 Å². The number of methoxy groups -OCH3 is 1. The molecule has 2 aromatic carbocycles. The minimum Gasteiger partial charge on any atom is -0.497 e. The summed E-state index contributed by atoms with van der Waals surface area (Å²) in [6, 6.07) is 15.7. The lowest BCUT2D eigenvalue weighted by Crippen LogP contribution is -1.93. The summed E-state index contributed by atoms with van der Waals surface area (Å²) >= 11 is 12.4. The molecule has 126 valence electrons. The van der Waals surface area contributed by atoms with Gasteiger partial charge in [0.15, 0.2) is 5.78 Å². The van der Waals surface area contributed by atoms with E-state index < -0.39 is 0 Å². The quantitative estimate of drug-likeness (QED) is 0.397. The van der Waals surface area contributed by atoms with Crippen LogP contribution in [-0.4, -0.2) is 12.9 Å². The van der Waals surface area contributed by atoms with Crippen LogP contribution in [-0.2, 0) is 0 Å². The van der Waals surface area contributed by atoms with E-state index in [0.717, 1.165) is 0 Å².